The Kier molecular flexibility index (Phi) is 3.43. The van der Waals surface area contributed by atoms with Crippen molar-refractivity contribution in [1.29, 1.82) is 0 Å². The summed E-state index contributed by atoms with van der Waals surface area (Å²) in [6.07, 6.45) is 1.36. The van der Waals surface area contributed by atoms with E-state index >= 15 is 4.39 Å². The van der Waals surface area contributed by atoms with Crippen LogP contribution in [0.25, 0.3) is 0 Å². The number of aromatic nitrogens is 3. The number of alkyl halides is 1. The summed E-state index contributed by atoms with van der Waals surface area (Å²) in [5.74, 6) is 0.256. The summed E-state index contributed by atoms with van der Waals surface area (Å²) in [7, 11) is 0. The van der Waals surface area contributed by atoms with Crippen molar-refractivity contribution in [3.05, 3.63) is 48.0 Å². The van der Waals surface area contributed by atoms with Gasteiger partial charge in [-0.3, -0.25) is 0 Å². The molecule has 1 aromatic carbocycles. The number of nitrogens with zero attached hydrogens (tertiary/aromatic N) is 3. The van der Waals surface area contributed by atoms with Crippen LogP contribution in [-0.4, -0.2) is 21.3 Å². The molecule has 5 heteroatoms. The molecular formula is C13H17FN4. The lowest BCUT2D eigenvalue weighted by molar-refractivity contribution is 0.204. The molecule has 96 valence electrons. The molecule has 0 aliphatic rings. The summed E-state index contributed by atoms with van der Waals surface area (Å²) < 4.78 is 16.8. The molecule has 1 unspecified atom stereocenters. The smallest absolute Gasteiger partial charge is 0.206 e. The molecular weight excluding hydrogens is 231 g/mol. The molecule has 0 radical (unpaired) electrons. The third-order valence-electron chi connectivity index (χ3n) is 2.93. The van der Waals surface area contributed by atoms with Gasteiger partial charge in [-0.15, -0.1) is 0 Å². The Morgan fingerprint density at radius 2 is 2.00 bits per heavy atom. The largest absolute Gasteiger partial charge is 0.327 e. The molecule has 1 atom stereocenters. The van der Waals surface area contributed by atoms with Crippen molar-refractivity contribution in [3.63, 3.8) is 0 Å². The van der Waals surface area contributed by atoms with Crippen LogP contribution in [0.2, 0.25) is 0 Å². The third-order valence-corrected chi connectivity index (χ3v) is 2.93. The maximum atomic E-state index is 15.2. The maximum Gasteiger partial charge on any atom is 0.206 e. The average molecular weight is 248 g/mol. The van der Waals surface area contributed by atoms with Gasteiger partial charge in [0.1, 0.15) is 6.33 Å². The molecule has 0 spiro atoms. The molecule has 0 saturated carbocycles. The van der Waals surface area contributed by atoms with Crippen LogP contribution < -0.4 is 5.73 Å². The third kappa shape index (κ3) is 2.01. The van der Waals surface area contributed by atoms with Crippen molar-refractivity contribution in [2.24, 2.45) is 5.73 Å². The van der Waals surface area contributed by atoms with Crippen LogP contribution >= 0.6 is 0 Å². The highest BCUT2D eigenvalue weighted by Crippen LogP contribution is 2.32. The SMILES string of the molecule is CC(C)n1ncnc1C(F)(CN)c1ccccc1. The van der Waals surface area contributed by atoms with Crippen LogP contribution in [0.4, 0.5) is 4.39 Å². The van der Waals surface area contributed by atoms with E-state index in [-0.39, 0.29) is 18.4 Å². The number of halogens is 1. The Morgan fingerprint density at radius 3 is 2.56 bits per heavy atom. The van der Waals surface area contributed by atoms with E-state index in [1.807, 2.05) is 19.9 Å². The summed E-state index contributed by atoms with van der Waals surface area (Å²) in [6, 6.07) is 8.88. The summed E-state index contributed by atoms with van der Waals surface area (Å²) in [4.78, 5) is 4.05. The molecule has 0 aliphatic carbocycles. The molecule has 1 heterocycles. The number of rotatable bonds is 4. The quantitative estimate of drug-likeness (QED) is 0.900. The average Bonchev–Trinajstić information content (AvgIpc) is 2.89. The fourth-order valence-electron chi connectivity index (χ4n) is 1.95. The van der Waals surface area contributed by atoms with Crippen molar-refractivity contribution in [2.75, 3.05) is 6.54 Å². The molecule has 0 amide bonds. The van der Waals surface area contributed by atoms with Crippen molar-refractivity contribution in [1.82, 2.24) is 14.8 Å². The van der Waals surface area contributed by atoms with Crippen LogP contribution in [0.15, 0.2) is 36.7 Å². The van der Waals surface area contributed by atoms with Gasteiger partial charge in [0, 0.05) is 12.6 Å². The van der Waals surface area contributed by atoms with E-state index in [1.54, 1.807) is 28.9 Å². The molecule has 18 heavy (non-hydrogen) atoms. The van der Waals surface area contributed by atoms with E-state index in [0.29, 0.717) is 5.56 Å². The van der Waals surface area contributed by atoms with Gasteiger partial charge in [0.05, 0.1) is 0 Å². The van der Waals surface area contributed by atoms with Crippen molar-refractivity contribution >= 4 is 0 Å². The first-order valence-electron chi connectivity index (χ1n) is 5.94. The number of benzene rings is 1. The Hall–Kier alpha value is -1.75. The van der Waals surface area contributed by atoms with Crippen molar-refractivity contribution < 1.29 is 4.39 Å². The van der Waals surface area contributed by atoms with Crippen molar-refractivity contribution in [3.8, 4) is 0 Å². The molecule has 1 aromatic heterocycles. The molecule has 4 nitrogen and oxygen atoms in total. The van der Waals surface area contributed by atoms with Gasteiger partial charge < -0.3 is 5.73 Å². The summed E-state index contributed by atoms with van der Waals surface area (Å²) in [5.41, 5.74) is 4.34. The Morgan fingerprint density at radius 1 is 1.33 bits per heavy atom. The number of hydrogen-bond acceptors (Lipinski definition) is 3. The summed E-state index contributed by atoms with van der Waals surface area (Å²) >= 11 is 0. The minimum atomic E-state index is -1.80. The van der Waals surface area contributed by atoms with Gasteiger partial charge in [-0.25, -0.2) is 14.1 Å². The van der Waals surface area contributed by atoms with E-state index in [9.17, 15) is 0 Å². The Bertz CT molecular complexity index is 509. The summed E-state index contributed by atoms with van der Waals surface area (Å²) in [6.45, 7) is 3.70. The minimum absolute atomic E-state index is 0.0351. The first-order chi connectivity index (χ1) is 8.59. The molecule has 0 bridgehead atoms. The second-order valence-electron chi connectivity index (χ2n) is 4.49. The van der Waals surface area contributed by atoms with Crippen LogP contribution in [0.1, 0.15) is 31.3 Å². The molecule has 0 saturated heterocycles. The van der Waals surface area contributed by atoms with Gasteiger partial charge in [0.15, 0.2) is 5.82 Å². The Labute approximate surface area is 106 Å². The highest BCUT2D eigenvalue weighted by Gasteiger charge is 2.38. The molecule has 2 aromatic rings. The predicted molar refractivity (Wildman–Crippen MR) is 67.8 cm³/mol. The lowest BCUT2D eigenvalue weighted by Crippen LogP contribution is -2.35. The van der Waals surface area contributed by atoms with E-state index < -0.39 is 5.67 Å². The topological polar surface area (TPSA) is 56.7 Å². The van der Waals surface area contributed by atoms with E-state index in [0.717, 1.165) is 0 Å². The highest BCUT2D eigenvalue weighted by molar-refractivity contribution is 5.30. The van der Waals surface area contributed by atoms with Gasteiger partial charge in [0.2, 0.25) is 5.67 Å². The zero-order valence-electron chi connectivity index (χ0n) is 10.5. The van der Waals surface area contributed by atoms with Crippen LogP contribution in [0.5, 0.6) is 0 Å². The standard InChI is InChI=1S/C13H17FN4/c1-10(2)18-12(16-9-17-18)13(14,8-15)11-6-4-3-5-7-11/h3-7,9-10H,8,15H2,1-2H3. The second kappa shape index (κ2) is 4.86. The minimum Gasteiger partial charge on any atom is -0.327 e. The lowest BCUT2D eigenvalue weighted by atomic mass is 9.94. The molecule has 2 N–H and O–H groups in total. The molecule has 2 rings (SSSR count). The Balaban J connectivity index is 2.54. The van der Waals surface area contributed by atoms with Gasteiger partial charge >= 0.3 is 0 Å². The monoisotopic (exact) mass is 248 g/mol. The lowest BCUT2D eigenvalue weighted by Gasteiger charge is -2.24. The zero-order chi connectivity index (χ0) is 13.2. The molecule has 0 fully saturated rings. The van der Waals surface area contributed by atoms with Crippen LogP contribution in [-0.2, 0) is 5.67 Å². The number of nitrogens with two attached hydrogens (primary N) is 1. The highest BCUT2D eigenvalue weighted by atomic mass is 19.1. The predicted octanol–water partition coefficient (Wildman–Crippen LogP) is 2.03. The fraction of sp³-hybridized carbons (Fsp3) is 0.385. The van der Waals surface area contributed by atoms with E-state index in [2.05, 4.69) is 10.1 Å². The van der Waals surface area contributed by atoms with Gasteiger partial charge in [-0.05, 0) is 19.4 Å². The van der Waals surface area contributed by atoms with Crippen LogP contribution in [0.3, 0.4) is 0 Å². The number of hydrogen-bond donors (Lipinski definition) is 1. The van der Waals surface area contributed by atoms with Crippen molar-refractivity contribution in [2.45, 2.75) is 25.6 Å². The second-order valence-corrected chi connectivity index (χ2v) is 4.49. The van der Waals surface area contributed by atoms with Gasteiger partial charge in [-0.1, -0.05) is 30.3 Å². The normalized spacial score (nSPS) is 14.7. The first-order valence-corrected chi connectivity index (χ1v) is 5.94. The maximum absolute atomic E-state index is 15.2. The zero-order valence-corrected chi connectivity index (χ0v) is 10.5. The van der Waals surface area contributed by atoms with Gasteiger partial charge in [0.25, 0.3) is 0 Å². The first kappa shape index (κ1) is 12.7. The fourth-order valence-corrected chi connectivity index (χ4v) is 1.95. The van der Waals surface area contributed by atoms with Gasteiger partial charge in [-0.2, -0.15) is 5.10 Å². The summed E-state index contributed by atoms with van der Waals surface area (Å²) in [5, 5.41) is 4.07. The van der Waals surface area contributed by atoms with Crippen LogP contribution in [0, 0.1) is 0 Å². The molecule has 0 aliphatic heterocycles. The van der Waals surface area contributed by atoms with E-state index in [1.165, 1.54) is 6.33 Å². The van der Waals surface area contributed by atoms with E-state index in [4.69, 9.17) is 5.73 Å².